The van der Waals surface area contributed by atoms with Crippen LogP contribution in [-0.4, -0.2) is 64.8 Å². The minimum absolute atomic E-state index is 0. The highest BCUT2D eigenvalue weighted by Crippen LogP contribution is 2.45. The Labute approximate surface area is 161 Å². The summed E-state index contributed by atoms with van der Waals surface area (Å²) >= 11 is 0. The summed E-state index contributed by atoms with van der Waals surface area (Å²) in [5, 5.41) is 14.8. The highest BCUT2D eigenvalue weighted by molar-refractivity contribution is 7.58. The summed E-state index contributed by atoms with van der Waals surface area (Å²) in [6.07, 6.45) is 4.22. The minimum Gasteiger partial charge on any atom is -0.412 e. The van der Waals surface area contributed by atoms with E-state index in [1.165, 1.54) is 6.42 Å². The van der Waals surface area contributed by atoms with Crippen molar-refractivity contribution in [3.8, 4) is 0 Å². The van der Waals surface area contributed by atoms with Gasteiger partial charge in [-0.3, -0.25) is 14.2 Å². The van der Waals surface area contributed by atoms with Crippen LogP contribution < -0.4 is 16.4 Å². The molecule has 2 amide bonds. The van der Waals surface area contributed by atoms with Gasteiger partial charge in [-0.15, -0.1) is 0 Å². The van der Waals surface area contributed by atoms with E-state index in [-0.39, 0.29) is 42.7 Å². The molecule has 9 nitrogen and oxygen atoms in total. The zero-order valence-electron chi connectivity index (χ0n) is 16.3. The monoisotopic (exact) mass is 409 g/mol. The fourth-order valence-corrected chi connectivity index (χ4v) is 5.23. The van der Waals surface area contributed by atoms with Gasteiger partial charge in [-0.2, -0.15) is 0 Å². The van der Waals surface area contributed by atoms with Crippen molar-refractivity contribution in [2.45, 2.75) is 58.1 Å². The summed E-state index contributed by atoms with van der Waals surface area (Å²) in [5.74, 6) is -0.680. The molecular weight excluding hydrogens is 373 g/mol. The van der Waals surface area contributed by atoms with Gasteiger partial charge in [0.2, 0.25) is 19.2 Å². The zero-order chi connectivity index (χ0) is 19.7. The maximum absolute atomic E-state index is 12.3. The quantitative estimate of drug-likeness (QED) is 0.307. The molecule has 1 aliphatic rings. The number of carbonyl (C=O) groups is 2. The molecule has 0 radical (unpaired) electrons. The van der Waals surface area contributed by atoms with Crippen LogP contribution in [0.5, 0.6) is 0 Å². The van der Waals surface area contributed by atoms with Crippen LogP contribution in [-0.2, 0) is 14.2 Å². The van der Waals surface area contributed by atoms with Crippen molar-refractivity contribution < 1.29 is 29.6 Å². The van der Waals surface area contributed by atoms with Crippen LogP contribution in [0.15, 0.2) is 0 Å². The minimum atomic E-state index is -3.42. The molecule has 0 spiro atoms. The molecule has 1 fully saturated rings. The number of rotatable bonds is 10. The Morgan fingerprint density at radius 3 is 2.33 bits per heavy atom. The van der Waals surface area contributed by atoms with Gasteiger partial charge in [0.1, 0.15) is 0 Å². The number of hydrogen-bond acceptors (Lipinski definition) is 5. The lowest BCUT2D eigenvalue weighted by atomic mass is 9.91. The van der Waals surface area contributed by atoms with Gasteiger partial charge in [-0.25, -0.2) is 0 Å². The number of aliphatic hydroxyl groups excluding tert-OH is 1. The summed E-state index contributed by atoms with van der Waals surface area (Å²) in [4.78, 5) is 33.5. The van der Waals surface area contributed by atoms with Gasteiger partial charge in [-0.1, -0.05) is 33.1 Å². The van der Waals surface area contributed by atoms with Gasteiger partial charge in [0.15, 0.2) is 0 Å². The topological polar surface area (TPSA) is 173 Å². The summed E-state index contributed by atoms with van der Waals surface area (Å²) in [7, 11) is -3.42. The van der Waals surface area contributed by atoms with Crippen LogP contribution in [0.25, 0.3) is 0 Å². The Balaban J connectivity index is 0.00000676. The van der Waals surface area contributed by atoms with Crippen LogP contribution in [0, 0.1) is 11.8 Å². The number of nitrogens with two attached hydrogens (primary N) is 1. The summed E-state index contributed by atoms with van der Waals surface area (Å²) in [6, 6.07) is -0.687. The van der Waals surface area contributed by atoms with E-state index in [1.54, 1.807) is 13.8 Å². The molecule has 0 saturated heterocycles. The van der Waals surface area contributed by atoms with Gasteiger partial charge in [-0.05, 0) is 24.7 Å². The first kappa shape index (κ1) is 26.0. The van der Waals surface area contributed by atoms with Crippen molar-refractivity contribution in [2.75, 3.05) is 25.4 Å². The number of aliphatic hydroxyl groups is 1. The normalized spacial score (nSPS) is 19.5. The molecule has 27 heavy (non-hydrogen) atoms. The Hall–Kier alpha value is -0.990. The van der Waals surface area contributed by atoms with Crippen LogP contribution in [0.4, 0.5) is 0 Å². The molecule has 1 unspecified atom stereocenters. The Bertz CT molecular complexity index is 511. The van der Waals surface area contributed by atoms with Crippen LogP contribution in [0.1, 0.15) is 46.0 Å². The zero-order valence-corrected chi connectivity index (χ0v) is 17.2. The first-order chi connectivity index (χ1) is 12.1. The second kappa shape index (κ2) is 12.5. The molecule has 3 atom stereocenters. The molecular formula is C17H36N3O6P. The number of nitrogens with one attached hydrogen (secondary N) is 2. The van der Waals surface area contributed by atoms with Gasteiger partial charge >= 0.3 is 0 Å². The van der Waals surface area contributed by atoms with E-state index in [4.69, 9.17) is 5.73 Å². The second-order valence-corrected chi connectivity index (χ2v) is 10.1. The summed E-state index contributed by atoms with van der Waals surface area (Å²) in [5.41, 5.74) is 5.67. The first-order valence-electron chi connectivity index (χ1n) is 9.39. The molecule has 160 valence electrons. The average Bonchev–Trinajstić information content (AvgIpc) is 2.57. The van der Waals surface area contributed by atoms with Crippen LogP contribution in [0.2, 0.25) is 0 Å². The fraction of sp³-hybridized carbons (Fsp3) is 0.882. The van der Waals surface area contributed by atoms with Crippen LogP contribution >= 0.6 is 7.37 Å². The lowest BCUT2D eigenvalue weighted by Crippen LogP contribution is -2.48. The summed E-state index contributed by atoms with van der Waals surface area (Å²) in [6.45, 7) is 3.24. The second-order valence-electron chi connectivity index (χ2n) is 7.66. The Kier molecular flexibility index (Phi) is 12.0. The molecule has 0 heterocycles. The molecule has 0 bridgehead atoms. The van der Waals surface area contributed by atoms with Crippen molar-refractivity contribution in [1.29, 1.82) is 0 Å². The van der Waals surface area contributed by atoms with Crippen molar-refractivity contribution in [2.24, 2.45) is 17.6 Å². The Morgan fingerprint density at radius 1 is 1.19 bits per heavy atom. The van der Waals surface area contributed by atoms with E-state index in [2.05, 4.69) is 10.6 Å². The first-order valence-corrected chi connectivity index (χ1v) is 11.4. The van der Waals surface area contributed by atoms with Crippen molar-refractivity contribution in [1.82, 2.24) is 10.6 Å². The van der Waals surface area contributed by atoms with Gasteiger partial charge < -0.3 is 31.8 Å². The fourth-order valence-electron chi connectivity index (χ4n) is 3.12. The third-order valence-electron chi connectivity index (χ3n) is 4.74. The maximum Gasteiger partial charge on any atom is 0.239 e. The third-order valence-corrected chi connectivity index (χ3v) is 6.82. The van der Waals surface area contributed by atoms with E-state index in [1.807, 2.05) is 0 Å². The largest absolute Gasteiger partial charge is 0.412 e. The van der Waals surface area contributed by atoms with E-state index < -0.39 is 31.3 Å². The third kappa shape index (κ3) is 10.8. The molecule has 0 aromatic heterocycles. The molecule has 0 aliphatic heterocycles. The smallest absolute Gasteiger partial charge is 0.239 e. The number of carbonyl (C=O) groups excluding carboxylic acids is 2. The Morgan fingerprint density at radius 2 is 1.78 bits per heavy atom. The SMILES string of the molecule is CC(C)[C@H](N)C(=O)NCC(=O)NC[C@@H](O)CP(=O)(O)CC1CCCCC1.O. The van der Waals surface area contributed by atoms with Gasteiger partial charge in [0.05, 0.1) is 24.9 Å². The predicted molar refractivity (Wildman–Crippen MR) is 105 cm³/mol. The standard InChI is InChI=1S/C17H34N3O5P.H2O/c1-12(2)16(18)17(23)20-9-15(22)19-8-14(21)11-26(24,25)10-13-6-4-3-5-7-13;/h12-14,16,21H,3-11,18H2,1-2H3,(H,19,22)(H,20,23)(H,24,25);1H2/t14-,16+;/m1./s1. The molecule has 0 aromatic rings. The highest BCUT2D eigenvalue weighted by Gasteiger charge is 2.28. The highest BCUT2D eigenvalue weighted by atomic mass is 31.2. The molecule has 8 N–H and O–H groups in total. The van der Waals surface area contributed by atoms with Gasteiger partial charge in [0, 0.05) is 12.7 Å². The maximum atomic E-state index is 12.3. The number of amides is 2. The van der Waals surface area contributed by atoms with Crippen molar-refractivity contribution in [3.05, 3.63) is 0 Å². The van der Waals surface area contributed by atoms with E-state index in [9.17, 15) is 24.2 Å². The predicted octanol–water partition coefficient (Wildman–Crippen LogP) is -0.411. The van der Waals surface area contributed by atoms with E-state index >= 15 is 0 Å². The molecule has 10 heteroatoms. The molecule has 0 aromatic carbocycles. The van der Waals surface area contributed by atoms with Crippen molar-refractivity contribution in [3.63, 3.8) is 0 Å². The molecule has 1 aliphatic carbocycles. The molecule has 1 rings (SSSR count). The number of hydrogen-bond donors (Lipinski definition) is 5. The summed E-state index contributed by atoms with van der Waals surface area (Å²) < 4.78 is 12.3. The van der Waals surface area contributed by atoms with Crippen molar-refractivity contribution >= 4 is 19.2 Å². The van der Waals surface area contributed by atoms with E-state index in [0.29, 0.717) is 0 Å². The van der Waals surface area contributed by atoms with E-state index in [0.717, 1.165) is 25.7 Å². The average molecular weight is 409 g/mol. The van der Waals surface area contributed by atoms with Gasteiger partial charge in [0.25, 0.3) is 0 Å². The lowest BCUT2D eigenvalue weighted by molar-refractivity contribution is -0.127. The lowest BCUT2D eigenvalue weighted by Gasteiger charge is -2.25. The van der Waals surface area contributed by atoms with Crippen LogP contribution in [0.3, 0.4) is 0 Å². The molecule has 1 saturated carbocycles.